The Bertz CT molecular complexity index is 1500. The highest BCUT2D eigenvalue weighted by Gasteiger charge is 2.44. The molecule has 1 unspecified atom stereocenters. The molecule has 2 aromatic carbocycles. The van der Waals surface area contributed by atoms with Crippen molar-refractivity contribution < 1.29 is 23.0 Å². The highest BCUT2D eigenvalue weighted by atomic mass is 19.1. The fourth-order valence-electron chi connectivity index (χ4n) is 4.96. The predicted molar refractivity (Wildman–Crippen MR) is 141 cm³/mol. The van der Waals surface area contributed by atoms with Crippen LogP contribution in [0.3, 0.4) is 0 Å². The summed E-state index contributed by atoms with van der Waals surface area (Å²) in [6.45, 7) is 2.08. The normalized spacial score (nSPS) is 15.3. The zero-order valence-corrected chi connectivity index (χ0v) is 21.4. The first-order valence-electron chi connectivity index (χ1n) is 12.0. The number of carbonyl (C=O) groups excluding carboxylic acids is 1. The second-order valence-corrected chi connectivity index (χ2v) is 9.83. The Morgan fingerprint density at radius 1 is 1.14 bits per heavy atom. The van der Waals surface area contributed by atoms with Crippen LogP contribution in [0.25, 0.3) is 22.0 Å². The van der Waals surface area contributed by atoms with Crippen LogP contribution in [-0.4, -0.2) is 61.1 Å². The fraction of sp³-hybridized carbons (Fsp3) is 0.269. The largest absolute Gasteiger partial charge is 0.486 e. The number of benzene rings is 2. The Kier molecular flexibility index (Phi) is 6.27. The van der Waals surface area contributed by atoms with Crippen LogP contribution < -0.4 is 4.74 Å². The Balaban J connectivity index is 1.50. The maximum absolute atomic E-state index is 15.4. The van der Waals surface area contributed by atoms with Crippen molar-refractivity contribution >= 4 is 32.5 Å². The van der Waals surface area contributed by atoms with Crippen molar-refractivity contribution in [2.45, 2.75) is 24.9 Å². The molecule has 1 aliphatic heterocycles. The summed E-state index contributed by atoms with van der Waals surface area (Å²) in [5, 5.41) is 4.40. The molecule has 5 rings (SSSR count). The van der Waals surface area contributed by atoms with Gasteiger partial charge in [0.25, 0.3) is 5.91 Å². The van der Waals surface area contributed by atoms with Gasteiger partial charge in [-0.1, -0.05) is 0 Å². The van der Waals surface area contributed by atoms with Gasteiger partial charge in [0.05, 0.1) is 24.4 Å². The van der Waals surface area contributed by atoms with Crippen LogP contribution in [0.1, 0.15) is 28.5 Å². The topological polar surface area (TPSA) is 69.5 Å². The number of methoxy groups -OCH3 is 1. The van der Waals surface area contributed by atoms with Crippen LogP contribution in [0.4, 0.5) is 8.78 Å². The van der Waals surface area contributed by atoms with E-state index in [0.717, 1.165) is 0 Å². The van der Waals surface area contributed by atoms with Crippen LogP contribution >= 0.6 is 0 Å². The lowest BCUT2D eigenvalue weighted by molar-refractivity contribution is 0.0727. The van der Waals surface area contributed by atoms with Crippen molar-refractivity contribution in [2.75, 3.05) is 13.7 Å². The standard InChI is InChI=1S/C26H26B2F2N4O3/c1-14(13-36-3)37-22-7-6-16(18-11-33(2)32-23(18)22)15-9-20(29)19(21(30)10-15)12-34-25(35)17-5-4-8-31-24(17)26(34,27)28/h4-11,14H,12-13,27-28H2,1-3H3. The van der Waals surface area contributed by atoms with Crippen molar-refractivity contribution in [3.8, 4) is 16.9 Å². The number of aromatic nitrogens is 3. The van der Waals surface area contributed by atoms with Crippen LogP contribution in [0.2, 0.25) is 0 Å². The van der Waals surface area contributed by atoms with Crippen LogP contribution in [0.15, 0.2) is 48.8 Å². The van der Waals surface area contributed by atoms with Gasteiger partial charge in [0.15, 0.2) is 0 Å². The molecular weight excluding hydrogens is 476 g/mol. The minimum Gasteiger partial charge on any atom is -0.486 e. The molecule has 1 atom stereocenters. The molecule has 37 heavy (non-hydrogen) atoms. The van der Waals surface area contributed by atoms with Gasteiger partial charge in [-0.2, -0.15) is 5.10 Å². The van der Waals surface area contributed by atoms with E-state index in [0.29, 0.717) is 45.6 Å². The lowest BCUT2D eigenvalue weighted by Gasteiger charge is -2.32. The predicted octanol–water partition coefficient (Wildman–Crippen LogP) is 2.36. The van der Waals surface area contributed by atoms with E-state index in [1.165, 1.54) is 17.0 Å². The minimum atomic E-state index is -0.803. The van der Waals surface area contributed by atoms with Gasteiger partial charge in [0, 0.05) is 42.8 Å². The first-order chi connectivity index (χ1) is 17.6. The molecule has 1 aliphatic rings. The monoisotopic (exact) mass is 502 g/mol. The molecular formula is C26H26B2F2N4O3. The summed E-state index contributed by atoms with van der Waals surface area (Å²) in [6, 6.07) is 9.48. The summed E-state index contributed by atoms with van der Waals surface area (Å²) in [4.78, 5) is 18.8. The van der Waals surface area contributed by atoms with Gasteiger partial charge < -0.3 is 14.4 Å². The number of pyridine rings is 1. The molecule has 1 amide bonds. The number of amides is 1. The third kappa shape index (κ3) is 4.27. The van der Waals surface area contributed by atoms with E-state index in [1.807, 2.05) is 22.6 Å². The highest BCUT2D eigenvalue weighted by molar-refractivity contribution is 6.42. The summed E-state index contributed by atoms with van der Waals surface area (Å²) in [5.41, 5.74) is 2.44. The quantitative estimate of drug-likeness (QED) is 0.364. The fourth-order valence-corrected chi connectivity index (χ4v) is 4.96. The van der Waals surface area contributed by atoms with Gasteiger partial charge in [-0.3, -0.25) is 14.5 Å². The number of rotatable bonds is 7. The molecule has 0 fully saturated rings. The van der Waals surface area contributed by atoms with Crippen molar-refractivity contribution in [1.29, 1.82) is 0 Å². The molecule has 7 nitrogen and oxygen atoms in total. The van der Waals surface area contributed by atoms with Crippen molar-refractivity contribution in [3.63, 3.8) is 0 Å². The van der Waals surface area contributed by atoms with Gasteiger partial charge in [-0.05, 0) is 54.4 Å². The molecule has 3 heterocycles. The Labute approximate surface area is 215 Å². The van der Waals surface area contributed by atoms with Crippen molar-refractivity contribution in [3.05, 3.63) is 77.2 Å². The van der Waals surface area contributed by atoms with Crippen molar-refractivity contribution in [2.24, 2.45) is 7.05 Å². The van der Waals surface area contributed by atoms with Crippen LogP contribution in [0.5, 0.6) is 5.75 Å². The lowest BCUT2D eigenvalue weighted by atomic mass is 9.59. The van der Waals surface area contributed by atoms with E-state index < -0.39 is 17.0 Å². The summed E-state index contributed by atoms with van der Waals surface area (Å²) in [6.07, 6.45) is 3.20. The molecule has 0 N–H and O–H groups in total. The number of carbonyl (C=O) groups is 1. The van der Waals surface area contributed by atoms with E-state index in [-0.39, 0.29) is 24.1 Å². The summed E-state index contributed by atoms with van der Waals surface area (Å²) < 4.78 is 43.7. The average molecular weight is 502 g/mol. The number of ether oxygens (including phenoxy) is 2. The molecule has 0 bridgehead atoms. The molecule has 0 spiro atoms. The second-order valence-electron chi connectivity index (χ2n) is 9.83. The number of halogens is 2. The summed E-state index contributed by atoms with van der Waals surface area (Å²) >= 11 is 0. The van der Waals surface area contributed by atoms with Crippen molar-refractivity contribution in [1.82, 2.24) is 19.7 Å². The van der Waals surface area contributed by atoms with Gasteiger partial charge in [-0.25, -0.2) is 8.78 Å². The minimum absolute atomic E-state index is 0.172. The SMILES string of the molecule is BC1(B)c2ncccc2C(=O)N1Cc1c(F)cc(-c2ccc(OC(C)COC)c3nn(C)cc23)cc1F. The van der Waals surface area contributed by atoms with E-state index in [2.05, 4.69) is 10.1 Å². The third-order valence-electron chi connectivity index (χ3n) is 6.79. The van der Waals surface area contributed by atoms with Gasteiger partial charge in [0.2, 0.25) is 0 Å². The summed E-state index contributed by atoms with van der Waals surface area (Å²) in [5.74, 6) is -1.20. The molecule has 188 valence electrons. The van der Waals surface area contributed by atoms with E-state index in [9.17, 15) is 4.79 Å². The number of fused-ring (bicyclic) bond motifs is 2. The van der Waals surface area contributed by atoms with Gasteiger partial charge in [0.1, 0.15) is 44.7 Å². The molecule has 2 aromatic heterocycles. The van der Waals surface area contributed by atoms with Crippen LogP contribution in [0, 0.1) is 11.6 Å². The smallest absolute Gasteiger partial charge is 0.255 e. The third-order valence-corrected chi connectivity index (χ3v) is 6.79. The molecule has 0 aliphatic carbocycles. The maximum Gasteiger partial charge on any atom is 0.255 e. The van der Waals surface area contributed by atoms with Gasteiger partial charge in [-0.15, -0.1) is 0 Å². The van der Waals surface area contributed by atoms with E-state index in [1.54, 1.807) is 55.5 Å². The zero-order valence-electron chi connectivity index (χ0n) is 21.4. The first-order valence-corrected chi connectivity index (χ1v) is 12.0. The maximum atomic E-state index is 15.4. The Morgan fingerprint density at radius 2 is 1.86 bits per heavy atom. The highest BCUT2D eigenvalue weighted by Crippen LogP contribution is 2.38. The average Bonchev–Trinajstić information content (AvgIpc) is 3.32. The summed E-state index contributed by atoms with van der Waals surface area (Å²) in [7, 11) is 7.02. The number of nitrogens with zero attached hydrogens (tertiary/aromatic N) is 4. The van der Waals surface area contributed by atoms with Crippen LogP contribution in [-0.2, 0) is 23.7 Å². The Morgan fingerprint density at radius 3 is 2.54 bits per heavy atom. The molecule has 0 saturated heterocycles. The zero-order chi connectivity index (χ0) is 26.5. The first kappa shape index (κ1) is 25.0. The molecule has 11 heteroatoms. The van der Waals surface area contributed by atoms with Gasteiger partial charge >= 0.3 is 0 Å². The lowest BCUT2D eigenvalue weighted by Crippen LogP contribution is -2.45. The number of hydrogen-bond donors (Lipinski definition) is 0. The number of aryl methyl sites for hydroxylation is 1. The van der Waals surface area contributed by atoms with E-state index >= 15 is 8.78 Å². The molecule has 0 saturated carbocycles. The van der Waals surface area contributed by atoms with E-state index in [4.69, 9.17) is 9.47 Å². The molecule has 4 aromatic rings. The Hall–Kier alpha value is -3.72. The second kappa shape index (κ2) is 9.30. The molecule has 0 radical (unpaired) electrons. The number of hydrogen-bond acceptors (Lipinski definition) is 5.